The largest absolute Gasteiger partial charge is 0.507 e. The molecule has 1 amide bonds. The molecule has 1 aromatic rings. The number of hydrogen-bond acceptors (Lipinski definition) is 6. The van der Waals surface area contributed by atoms with Crippen molar-refractivity contribution in [3.8, 4) is 11.5 Å². The monoisotopic (exact) mass is 535 g/mol. The number of allylic oxidation sites excluding steroid dienone is 6. The number of fused-ring (bicyclic) bond motifs is 1. The summed E-state index contributed by atoms with van der Waals surface area (Å²) < 4.78 is 37.4. The van der Waals surface area contributed by atoms with E-state index in [0.717, 1.165) is 31.3 Å². The Morgan fingerprint density at radius 1 is 1.05 bits per heavy atom. The molecule has 1 aliphatic rings. The van der Waals surface area contributed by atoms with E-state index in [9.17, 15) is 27.7 Å². The average molecular weight is 536 g/mol. The number of carbonyl (C=O) groups excluding carboxylic acids is 1. The first-order chi connectivity index (χ1) is 17.3. The molecule has 0 atom stereocenters. The normalized spacial score (nSPS) is 14.1. The van der Waals surface area contributed by atoms with Crippen LogP contribution in [0.15, 0.2) is 41.0 Å². The highest BCUT2D eigenvalue weighted by Gasteiger charge is 2.34. The van der Waals surface area contributed by atoms with Crippen molar-refractivity contribution in [2.24, 2.45) is 0 Å². The molecule has 1 heterocycles. The Labute approximate surface area is 219 Å². The summed E-state index contributed by atoms with van der Waals surface area (Å²) in [6.07, 6.45) is 10.1. The van der Waals surface area contributed by atoms with Crippen molar-refractivity contribution >= 4 is 22.3 Å². The highest BCUT2D eigenvalue weighted by atomic mass is 32.3. The van der Waals surface area contributed by atoms with Crippen LogP contribution in [-0.2, 0) is 28.2 Å². The number of aromatic hydroxyl groups is 1. The molecule has 10 heteroatoms. The van der Waals surface area contributed by atoms with E-state index in [4.69, 9.17) is 9.29 Å². The van der Waals surface area contributed by atoms with Crippen LogP contribution >= 0.6 is 0 Å². The van der Waals surface area contributed by atoms with Crippen LogP contribution in [0, 0.1) is 0 Å². The lowest BCUT2D eigenvalue weighted by molar-refractivity contribution is -0.137. The fourth-order valence-electron chi connectivity index (χ4n) is 4.13. The van der Waals surface area contributed by atoms with E-state index < -0.39 is 22.3 Å². The number of carboxylic acid groups (broad SMARTS) is 1. The molecule has 0 fully saturated rings. The van der Waals surface area contributed by atoms with Crippen LogP contribution in [-0.4, -0.2) is 46.5 Å². The van der Waals surface area contributed by atoms with Crippen LogP contribution in [0.4, 0.5) is 0 Å². The van der Waals surface area contributed by atoms with Crippen LogP contribution < -0.4 is 4.18 Å². The average Bonchev–Trinajstić information content (AvgIpc) is 3.07. The molecule has 0 aliphatic carbocycles. The second-order valence-corrected chi connectivity index (χ2v) is 10.7. The van der Waals surface area contributed by atoms with Crippen LogP contribution in [0.1, 0.15) is 87.7 Å². The third-order valence-corrected chi connectivity index (χ3v) is 6.49. The Hall–Kier alpha value is -3.11. The van der Waals surface area contributed by atoms with Gasteiger partial charge in [-0.15, -0.1) is 0 Å². The number of hydrogen-bond donors (Lipinski definition) is 3. The van der Waals surface area contributed by atoms with Gasteiger partial charge in [0.05, 0.1) is 12.1 Å². The second kappa shape index (κ2) is 13.4. The maximum atomic E-state index is 12.8. The zero-order valence-electron chi connectivity index (χ0n) is 21.9. The number of aliphatic carboxylic acids is 1. The minimum atomic E-state index is -4.93. The predicted octanol–water partition coefficient (Wildman–Crippen LogP) is 5.36. The summed E-state index contributed by atoms with van der Waals surface area (Å²) >= 11 is 0. The summed E-state index contributed by atoms with van der Waals surface area (Å²) in [6, 6.07) is 1.27. The fraction of sp³-hybridized carbons (Fsp3) is 0.481. The van der Waals surface area contributed by atoms with Gasteiger partial charge in [-0.25, -0.2) is 0 Å². The zero-order valence-corrected chi connectivity index (χ0v) is 22.7. The Morgan fingerprint density at radius 2 is 1.68 bits per heavy atom. The highest BCUT2D eigenvalue weighted by molar-refractivity contribution is 7.81. The van der Waals surface area contributed by atoms with Crippen molar-refractivity contribution in [1.82, 2.24) is 4.90 Å². The number of amides is 1. The third kappa shape index (κ3) is 9.70. The van der Waals surface area contributed by atoms with Gasteiger partial charge in [-0.1, -0.05) is 34.9 Å². The van der Waals surface area contributed by atoms with Gasteiger partial charge in [0.2, 0.25) is 0 Å². The quantitative estimate of drug-likeness (QED) is 0.214. The fourth-order valence-corrected chi connectivity index (χ4v) is 4.54. The van der Waals surface area contributed by atoms with Gasteiger partial charge in [0, 0.05) is 24.1 Å². The highest BCUT2D eigenvalue weighted by Crippen LogP contribution is 2.40. The van der Waals surface area contributed by atoms with Crippen LogP contribution in [0.3, 0.4) is 0 Å². The molecular formula is C27H37NO8S. The summed E-state index contributed by atoms with van der Waals surface area (Å²) in [4.78, 5) is 24.9. The number of phenolic OH excluding ortho intramolecular Hbond substituents is 1. The number of benzene rings is 1. The Morgan fingerprint density at radius 3 is 2.27 bits per heavy atom. The molecule has 2 rings (SSSR count). The maximum Gasteiger partial charge on any atom is 0.446 e. The van der Waals surface area contributed by atoms with Crippen molar-refractivity contribution in [2.75, 3.05) is 6.54 Å². The topological polar surface area (TPSA) is 141 Å². The number of nitrogens with zero attached hydrogens (tertiary/aromatic N) is 1. The minimum absolute atomic E-state index is 0.0224. The molecule has 1 aliphatic heterocycles. The standard InChI is InChI=1S/C27H37NO8S/c1-18(2)8-5-9-19(3)10-6-11-20(4)13-14-21-24(29)16-22-23(26(21)36-37(33,34)35)17-28(27(22)32)15-7-12-25(30)31/h8,10,13,16,29H,5-7,9,11-12,14-15,17H2,1-4H3,(H,30,31)(H,33,34,35)/b19-10+,20-13+. The molecule has 0 saturated carbocycles. The molecule has 0 saturated heterocycles. The Bertz CT molecular complexity index is 1210. The van der Waals surface area contributed by atoms with Gasteiger partial charge in [0.15, 0.2) is 5.75 Å². The van der Waals surface area contributed by atoms with Crippen molar-refractivity contribution in [3.05, 3.63) is 57.7 Å². The summed E-state index contributed by atoms with van der Waals surface area (Å²) in [6.45, 7) is 8.32. The summed E-state index contributed by atoms with van der Waals surface area (Å²) in [5.74, 6) is -2.06. The summed E-state index contributed by atoms with van der Waals surface area (Å²) in [5, 5.41) is 19.5. The maximum absolute atomic E-state index is 12.8. The first kappa shape index (κ1) is 30.1. The summed E-state index contributed by atoms with van der Waals surface area (Å²) in [5.41, 5.74) is 4.06. The zero-order chi connectivity index (χ0) is 27.8. The molecule has 3 N–H and O–H groups in total. The molecule has 0 bridgehead atoms. The molecule has 204 valence electrons. The van der Waals surface area contributed by atoms with E-state index in [1.165, 1.54) is 22.1 Å². The SMILES string of the molecule is CC(C)=CCC/C(C)=C/CC/C(C)=C/Cc1c(O)cc2c(c1OS(=O)(=O)O)CN(CCCC(=O)O)C2=O. The van der Waals surface area contributed by atoms with Crippen molar-refractivity contribution in [2.45, 2.75) is 79.2 Å². The smallest absolute Gasteiger partial charge is 0.446 e. The van der Waals surface area contributed by atoms with Gasteiger partial charge in [-0.05, 0) is 72.3 Å². The number of carbonyl (C=O) groups is 2. The van der Waals surface area contributed by atoms with Gasteiger partial charge in [-0.3, -0.25) is 14.1 Å². The second-order valence-electron chi connectivity index (χ2n) is 9.63. The first-order valence-electron chi connectivity index (χ1n) is 12.3. The van der Waals surface area contributed by atoms with E-state index in [2.05, 4.69) is 32.9 Å². The lowest BCUT2D eigenvalue weighted by Gasteiger charge is -2.15. The Kier molecular flexibility index (Phi) is 10.9. The minimum Gasteiger partial charge on any atom is -0.507 e. The van der Waals surface area contributed by atoms with Crippen molar-refractivity contribution in [1.29, 1.82) is 0 Å². The number of carboxylic acids is 1. The predicted molar refractivity (Wildman–Crippen MR) is 141 cm³/mol. The molecule has 0 aromatic heterocycles. The molecule has 0 spiro atoms. The molecule has 0 unspecified atom stereocenters. The lowest BCUT2D eigenvalue weighted by Crippen LogP contribution is -2.25. The van der Waals surface area contributed by atoms with Crippen LogP contribution in [0.2, 0.25) is 0 Å². The lowest BCUT2D eigenvalue weighted by atomic mass is 9.99. The van der Waals surface area contributed by atoms with Crippen molar-refractivity contribution in [3.63, 3.8) is 0 Å². The molecule has 1 aromatic carbocycles. The van der Waals surface area contributed by atoms with Gasteiger partial charge in [0.25, 0.3) is 5.91 Å². The molecule has 0 radical (unpaired) electrons. The molecule has 9 nitrogen and oxygen atoms in total. The number of phenols is 1. The van der Waals surface area contributed by atoms with E-state index in [0.29, 0.717) is 0 Å². The number of rotatable bonds is 14. The van der Waals surface area contributed by atoms with Gasteiger partial charge in [0.1, 0.15) is 5.75 Å². The van der Waals surface area contributed by atoms with E-state index in [1.807, 2.05) is 13.0 Å². The van der Waals surface area contributed by atoms with Gasteiger partial charge >= 0.3 is 16.4 Å². The Balaban J connectivity index is 2.20. The third-order valence-electron chi connectivity index (χ3n) is 6.11. The van der Waals surface area contributed by atoms with Crippen LogP contribution in [0.5, 0.6) is 11.5 Å². The van der Waals surface area contributed by atoms with Gasteiger partial charge in [-0.2, -0.15) is 8.42 Å². The van der Waals surface area contributed by atoms with E-state index in [-0.39, 0.29) is 60.5 Å². The van der Waals surface area contributed by atoms with Gasteiger partial charge < -0.3 is 19.3 Å². The molecular weight excluding hydrogens is 498 g/mol. The van der Waals surface area contributed by atoms with E-state index >= 15 is 0 Å². The van der Waals surface area contributed by atoms with E-state index in [1.54, 1.807) is 0 Å². The summed E-state index contributed by atoms with van der Waals surface area (Å²) in [7, 11) is -4.93. The molecule has 37 heavy (non-hydrogen) atoms. The van der Waals surface area contributed by atoms with Crippen LogP contribution in [0.25, 0.3) is 0 Å². The van der Waals surface area contributed by atoms with Crippen molar-refractivity contribution < 1.29 is 37.0 Å². The first-order valence-corrected chi connectivity index (χ1v) is 13.6.